The van der Waals surface area contributed by atoms with Gasteiger partial charge in [0.1, 0.15) is 0 Å². The minimum Gasteiger partial charge on any atom is -0.472 e. The van der Waals surface area contributed by atoms with Crippen molar-refractivity contribution >= 4 is 0 Å². The highest BCUT2D eigenvalue weighted by Crippen LogP contribution is 2.38. The Kier molecular flexibility index (Phi) is 4.66. The molecule has 1 fully saturated rings. The van der Waals surface area contributed by atoms with Crippen molar-refractivity contribution in [1.29, 1.82) is 0 Å². The maximum Gasteiger partial charge on any atom is 0.0935 e. The Balaban J connectivity index is 2.16. The zero-order valence-electron chi connectivity index (χ0n) is 12.4. The van der Waals surface area contributed by atoms with Gasteiger partial charge in [0.05, 0.1) is 12.5 Å². The molecule has 1 unspecified atom stereocenters. The minimum atomic E-state index is 0.151. The quantitative estimate of drug-likeness (QED) is 0.633. The third-order valence-electron chi connectivity index (χ3n) is 4.90. The van der Waals surface area contributed by atoms with Crippen molar-refractivity contribution in [3.05, 3.63) is 24.2 Å². The fourth-order valence-electron chi connectivity index (χ4n) is 3.42. The largest absolute Gasteiger partial charge is 0.472 e. The molecular formula is C15H27N3O. The molecular weight excluding hydrogens is 238 g/mol. The zero-order chi connectivity index (χ0) is 13.9. The van der Waals surface area contributed by atoms with E-state index in [1.54, 1.807) is 6.26 Å². The van der Waals surface area contributed by atoms with Gasteiger partial charge >= 0.3 is 0 Å². The molecule has 1 saturated carbocycles. The molecule has 2 rings (SSSR count). The molecule has 0 aromatic carbocycles. The maximum absolute atomic E-state index is 5.87. The predicted octanol–water partition coefficient (Wildman–Crippen LogP) is 2.16. The lowest BCUT2D eigenvalue weighted by atomic mass is 9.71. The third-order valence-corrected chi connectivity index (χ3v) is 4.90. The SMILES string of the molecule is CC1CCC(C(Cc2ccoc2)NN)(N(C)C)CC1. The van der Waals surface area contributed by atoms with Crippen LogP contribution in [0.15, 0.2) is 23.0 Å². The summed E-state index contributed by atoms with van der Waals surface area (Å²) in [5.74, 6) is 6.70. The molecule has 1 atom stereocenters. The summed E-state index contributed by atoms with van der Waals surface area (Å²) >= 11 is 0. The second-order valence-corrected chi connectivity index (χ2v) is 6.24. The van der Waals surface area contributed by atoms with E-state index in [9.17, 15) is 0 Å². The van der Waals surface area contributed by atoms with Gasteiger partial charge in [0.2, 0.25) is 0 Å². The highest BCUT2D eigenvalue weighted by Gasteiger charge is 2.42. The molecule has 19 heavy (non-hydrogen) atoms. The van der Waals surface area contributed by atoms with Gasteiger partial charge in [-0.15, -0.1) is 0 Å². The van der Waals surface area contributed by atoms with Gasteiger partial charge in [-0.1, -0.05) is 6.92 Å². The summed E-state index contributed by atoms with van der Waals surface area (Å²) in [5.41, 5.74) is 4.43. The first kappa shape index (κ1) is 14.6. The molecule has 0 radical (unpaired) electrons. The standard InChI is InChI=1S/C15H27N3O/c1-12-4-7-15(8-5-12,18(2)3)14(17-16)10-13-6-9-19-11-13/h6,9,11-12,14,17H,4-5,7-8,10,16H2,1-3H3. The lowest BCUT2D eigenvalue weighted by Crippen LogP contribution is -2.62. The number of rotatable bonds is 5. The number of nitrogens with zero attached hydrogens (tertiary/aromatic N) is 1. The molecule has 0 aliphatic heterocycles. The molecule has 1 aromatic heterocycles. The van der Waals surface area contributed by atoms with E-state index in [1.165, 1.54) is 31.2 Å². The minimum absolute atomic E-state index is 0.151. The van der Waals surface area contributed by atoms with Gasteiger partial charge < -0.3 is 9.32 Å². The Morgan fingerprint density at radius 2 is 2.16 bits per heavy atom. The van der Waals surface area contributed by atoms with Crippen LogP contribution in [-0.4, -0.2) is 30.6 Å². The molecule has 3 N–H and O–H groups in total. The fraction of sp³-hybridized carbons (Fsp3) is 0.733. The van der Waals surface area contributed by atoms with E-state index in [0.29, 0.717) is 0 Å². The first-order valence-corrected chi connectivity index (χ1v) is 7.23. The Labute approximate surface area is 116 Å². The number of hydrogen-bond acceptors (Lipinski definition) is 4. The summed E-state index contributed by atoms with van der Waals surface area (Å²) in [7, 11) is 4.35. The number of nitrogens with two attached hydrogens (primary N) is 1. The van der Waals surface area contributed by atoms with E-state index in [-0.39, 0.29) is 11.6 Å². The van der Waals surface area contributed by atoms with E-state index in [0.717, 1.165) is 12.3 Å². The Bertz CT molecular complexity index is 367. The first-order valence-electron chi connectivity index (χ1n) is 7.23. The van der Waals surface area contributed by atoms with Crippen LogP contribution >= 0.6 is 0 Å². The van der Waals surface area contributed by atoms with Gasteiger partial charge in [-0.2, -0.15) is 0 Å². The fourth-order valence-corrected chi connectivity index (χ4v) is 3.42. The van der Waals surface area contributed by atoms with Crippen LogP contribution in [0.25, 0.3) is 0 Å². The van der Waals surface area contributed by atoms with Gasteiger partial charge in [-0.05, 0) is 63.7 Å². The van der Waals surface area contributed by atoms with Gasteiger partial charge in [-0.25, -0.2) is 0 Å². The Morgan fingerprint density at radius 3 is 2.63 bits per heavy atom. The first-order chi connectivity index (χ1) is 9.08. The van der Waals surface area contributed by atoms with Crippen molar-refractivity contribution in [1.82, 2.24) is 10.3 Å². The topological polar surface area (TPSA) is 54.4 Å². The van der Waals surface area contributed by atoms with Gasteiger partial charge in [0.15, 0.2) is 0 Å². The second-order valence-electron chi connectivity index (χ2n) is 6.24. The van der Waals surface area contributed by atoms with E-state index in [4.69, 9.17) is 10.3 Å². The van der Waals surface area contributed by atoms with Crippen molar-refractivity contribution in [3.63, 3.8) is 0 Å². The van der Waals surface area contributed by atoms with Crippen molar-refractivity contribution < 1.29 is 4.42 Å². The summed E-state index contributed by atoms with van der Waals surface area (Å²) in [4.78, 5) is 2.36. The highest BCUT2D eigenvalue weighted by atomic mass is 16.3. The zero-order valence-corrected chi connectivity index (χ0v) is 12.4. The maximum atomic E-state index is 5.87. The molecule has 1 aromatic rings. The van der Waals surface area contributed by atoms with Crippen molar-refractivity contribution in [2.75, 3.05) is 14.1 Å². The van der Waals surface area contributed by atoms with Crippen molar-refractivity contribution in [2.45, 2.75) is 50.6 Å². The van der Waals surface area contributed by atoms with E-state index < -0.39 is 0 Å². The molecule has 4 heteroatoms. The van der Waals surface area contributed by atoms with Crippen LogP contribution < -0.4 is 11.3 Å². The normalized spacial score (nSPS) is 29.6. The van der Waals surface area contributed by atoms with Crippen LogP contribution in [0.3, 0.4) is 0 Å². The number of furan rings is 1. The molecule has 0 bridgehead atoms. The number of hydrazine groups is 1. The lowest BCUT2D eigenvalue weighted by Gasteiger charge is -2.49. The van der Waals surface area contributed by atoms with Crippen LogP contribution in [0.4, 0.5) is 0 Å². The van der Waals surface area contributed by atoms with Crippen molar-refractivity contribution in [2.24, 2.45) is 11.8 Å². The molecule has 1 heterocycles. The van der Waals surface area contributed by atoms with Gasteiger partial charge in [0.25, 0.3) is 0 Å². The summed E-state index contributed by atoms with van der Waals surface area (Å²) < 4.78 is 5.18. The third kappa shape index (κ3) is 3.02. The summed E-state index contributed by atoms with van der Waals surface area (Å²) in [6.07, 6.45) is 9.43. The van der Waals surface area contributed by atoms with Gasteiger partial charge in [0, 0.05) is 11.6 Å². The monoisotopic (exact) mass is 265 g/mol. The van der Waals surface area contributed by atoms with Crippen LogP contribution in [-0.2, 0) is 6.42 Å². The predicted molar refractivity (Wildman–Crippen MR) is 77.6 cm³/mol. The average Bonchev–Trinajstić information content (AvgIpc) is 2.90. The molecule has 108 valence electrons. The molecule has 0 saturated heterocycles. The lowest BCUT2D eigenvalue weighted by molar-refractivity contribution is 0.0434. The average molecular weight is 265 g/mol. The van der Waals surface area contributed by atoms with Crippen LogP contribution in [0.5, 0.6) is 0 Å². The number of hydrogen-bond donors (Lipinski definition) is 2. The van der Waals surface area contributed by atoms with Crippen LogP contribution in [0.1, 0.15) is 38.2 Å². The van der Waals surface area contributed by atoms with E-state index in [2.05, 4.69) is 31.3 Å². The summed E-state index contributed by atoms with van der Waals surface area (Å²) in [6.45, 7) is 2.35. The molecule has 0 amide bonds. The molecule has 1 aliphatic rings. The smallest absolute Gasteiger partial charge is 0.0935 e. The number of likely N-dealkylation sites (N-methyl/N-ethyl adjacent to an activating group) is 1. The second kappa shape index (κ2) is 6.07. The summed E-state index contributed by atoms with van der Waals surface area (Å²) in [5, 5.41) is 0. The summed E-state index contributed by atoms with van der Waals surface area (Å²) in [6, 6.07) is 2.28. The number of nitrogens with one attached hydrogen (secondary N) is 1. The van der Waals surface area contributed by atoms with E-state index in [1.807, 2.05) is 12.3 Å². The molecule has 0 spiro atoms. The van der Waals surface area contributed by atoms with E-state index >= 15 is 0 Å². The molecule has 1 aliphatic carbocycles. The molecule has 4 nitrogen and oxygen atoms in total. The van der Waals surface area contributed by atoms with Crippen molar-refractivity contribution in [3.8, 4) is 0 Å². The Morgan fingerprint density at radius 1 is 1.47 bits per heavy atom. The Hall–Kier alpha value is -0.840. The van der Waals surface area contributed by atoms with Crippen LogP contribution in [0.2, 0.25) is 0 Å². The highest BCUT2D eigenvalue weighted by molar-refractivity contribution is 5.12. The van der Waals surface area contributed by atoms with Crippen LogP contribution in [0, 0.1) is 5.92 Å². The van der Waals surface area contributed by atoms with Gasteiger partial charge in [-0.3, -0.25) is 11.3 Å².